The van der Waals surface area contributed by atoms with Crippen LogP contribution >= 0.6 is 71.5 Å². The van der Waals surface area contributed by atoms with Gasteiger partial charge in [0, 0.05) is 16.7 Å². The number of carbonyl (C=O) groups is 7. The molecule has 0 heterocycles. The van der Waals surface area contributed by atoms with Crippen molar-refractivity contribution in [1.29, 1.82) is 0 Å². The topological polar surface area (TPSA) is 287 Å². The van der Waals surface area contributed by atoms with Gasteiger partial charge in [0.2, 0.25) is 0 Å². The number of carboxylic acids is 2. The standard InChI is InChI=1S/C33H42O10S3.C12H16O4.C9H14O4S3/c1-30(2,38)25(34)21-9-13-23(14-10-21)40-17-19-42-27(36)32(5,6)45-29(44)46-33(7,8)28(37)43-20-18-41-24-15-11-22(12-16-24)26(35)31(3,4)39;1-12(2,15)11(14)9-3-5-10(6-4-9)16-8-7-13;1-8(2,5(10)11)15-7(14)16-9(3,4)6(12)13/h9-16,38-39H,17-20H2,1-8H3;3-6,13,15H,7-8H2,1-2H3;1-4H3,(H,10,11)(H,12,13). The first-order chi connectivity index (χ1) is 35.6. The van der Waals surface area contributed by atoms with Crippen molar-refractivity contribution in [1.82, 2.24) is 0 Å². The van der Waals surface area contributed by atoms with E-state index in [1.807, 2.05) is 0 Å². The van der Waals surface area contributed by atoms with Gasteiger partial charge in [-0.25, -0.2) is 0 Å². The van der Waals surface area contributed by atoms with Crippen LogP contribution in [0.2, 0.25) is 0 Å². The van der Waals surface area contributed by atoms with Crippen molar-refractivity contribution in [2.45, 2.75) is 133 Å². The number of esters is 2. The molecule has 0 aliphatic carbocycles. The van der Waals surface area contributed by atoms with E-state index >= 15 is 0 Å². The number of thioether (sulfide) groups is 4. The molecule has 3 rings (SSSR count). The van der Waals surface area contributed by atoms with Gasteiger partial charge >= 0.3 is 23.9 Å². The van der Waals surface area contributed by atoms with Crippen LogP contribution in [-0.4, -0.2) is 154 Å². The Kier molecular flexibility index (Phi) is 28.2. The molecule has 78 heavy (non-hydrogen) atoms. The zero-order chi connectivity index (χ0) is 60.3. The molecule has 18 nitrogen and oxygen atoms in total. The molecular weight excluding hydrogens is 1130 g/mol. The maximum atomic E-state index is 12.7. The summed E-state index contributed by atoms with van der Waals surface area (Å²) in [5.41, 5.74) is -3.18. The van der Waals surface area contributed by atoms with E-state index in [1.165, 1.54) is 69.2 Å². The molecule has 0 radical (unpaired) electrons. The van der Waals surface area contributed by atoms with Crippen LogP contribution in [0.1, 0.15) is 128 Å². The number of carboxylic acid groups (broad SMARTS) is 2. The van der Waals surface area contributed by atoms with Crippen molar-refractivity contribution in [3.05, 3.63) is 89.5 Å². The first-order valence-corrected chi connectivity index (χ1v) is 27.9. The molecule has 0 spiro atoms. The number of aliphatic carboxylic acids is 2. The number of hydrogen-bond acceptors (Lipinski definition) is 22. The predicted octanol–water partition coefficient (Wildman–Crippen LogP) is 8.92. The Morgan fingerprint density at radius 3 is 0.846 bits per heavy atom. The third-order valence-corrected chi connectivity index (χ3v) is 15.3. The first-order valence-electron chi connectivity index (χ1n) is 23.8. The van der Waals surface area contributed by atoms with Gasteiger partial charge in [-0.3, -0.25) is 33.6 Å². The lowest BCUT2D eigenvalue weighted by Crippen LogP contribution is -2.35. The Labute approximate surface area is 483 Å². The van der Waals surface area contributed by atoms with Crippen molar-refractivity contribution in [2.24, 2.45) is 0 Å². The third kappa shape index (κ3) is 25.7. The van der Waals surface area contributed by atoms with E-state index in [4.69, 9.17) is 63.4 Å². The molecule has 24 heteroatoms. The average Bonchev–Trinajstić information content (AvgIpc) is 3.32. The van der Waals surface area contributed by atoms with Gasteiger partial charge in [0.25, 0.3) is 0 Å². The number of Topliss-reactive ketones (excluding diaryl/α,β-unsaturated/α-hetero) is 3. The van der Waals surface area contributed by atoms with Crippen LogP contribution < -0.4 is 14.2 Å². The molecule has 3 aromatic carbocycles. The highest BCUT2D eigenvalue weighted by Gasteiger charge is 2.38. The van der Waals surface area contributed by atoms with Crippen molar-refractivity contribution in [2.75, 3.05) is 39.6 Å². The van der Waals surface area contributed by atoms with Crippen molar-refractivity contribution in [3.8, 4) is 17.2 Å². The molecule has 0 aliphatic heterocycles. The molecule has 6 N–H and O–H groups in total. The van der Waals surface area contributed by atoms with Crippen LogP contribution in [0.15, 0.2) is 72.8 Å². The lowest BCUT2D eigenvalue weighted by Gasteiger charge is -2.26. The van der Waals surface area contributed by atoms with Gasteiger partial charge in [-0.1, -0.05) is 71.5 Å². The summed E-state index contributed by atoms with van der Waals surface area (Å²) >= 11 is 14.6. The van der Waals surface area contributed by atoms with E-state index < -0.39 is 71.2 Å². The third-order valence-electron chi connectivity index (χ3n) is 9.91. The lowest BCUT2D eigenvalue weighted by atomic mass is 9.97. The number of ketones is 3. The van der Waals surface area contributed by atoms with Crippen LogP contribution in [0.5, 0.6) is 17.2 Å². The van der Waals surface area contributed by atoms with Crippen molar-refractivity contribution >= 4 is 120 Å². The molecule has 0 saturated carbocycles. The van der Waals surface area contributed by atoms with E-state index in [-0.39, 0.29) is 45.4 Å². The largest absolute Gasteiger partial charge is 0.491 e. The minimum Gasteiger partial charge on any atom is -0.491 e. The van der Waals surface area contributed by atoms with E-state index in [9.17, 15) is 48.9 Å². The summed E-state index contributed by atoms with van der Waals surface area (Å²) in [6, 6.07) is 19.0. The SMILES string of the molecule is CC(C)(O)C(=O)c1ccc(OCCO)cc1.CC(C)(O)C(=O)c1ccc(OCCOC(=O)C(C)(C)SC(=S)SC(C)(C)C(=O)OCCOc2ccc(C(=O)C(C)(C)O)cc2)cc1.CC(C)(SC(=S)SC(C)(C)C(=O)O)C(=O)O. The number of thiocarbonyl (C=S) groups is 2. The second-order valence-corrected chi connectivity index (χ2v) is 29.2. The summed E-state index contributed by atoms with van der Waals surface area (Å²) in [5.74, 6) is -2.58. The van der Waals surface area contributed by atoms with Gasteiger partial charge < -0.3 is 54.3 Å². The predicted molar refractivity (Wildman–Crippen MR) is 314 cm³/mol. The normalized spacial score (nSPS) is 12.0. The molecular formula is C54H72O18S6. The average molecular weight is 1200 g/mol. The smallest absolute Gasteiger partial charge is 0.322 e. The Morgan fingerprint density at radius 2 is 0.628 bits per heavy atom. The van der Waals surface area contributed by atoms with E-state index in [0.29, 0.717) is 41.0 Å². The van der Waals surface area contributed by atoms with Gasteiger partial charge in [-0.15, -0.1) is 0 Å². The zero-order valence-electron chi connectivity index (χ0n) is 46.2. The van der Waals surface area contributed by atoms with Gasteiger partial charge in [-0.2, -0.15) is 0 Å². The zero-order valence-corrected chi connectivity index (χ0v) is 51.1. The molecule has 0 aromatic heterocycles. The number of ether oxygens (including phenoxy) is 5. The van der Waals surface area contributed by atoms with E-state index in [1.54, 1.807) is 100 Å². The minimum atomic E-state index is -1.47. The number of carbonyl (C=O) groups excluding carboxylic acids is 5. The minimum absolute atomic E-state index is 0.0178. The molecule has 3 aromatic rings. The molecule has 0 aliphatic rings. The van der Waals surface area contributed by atoms with Gasteiger partial charge in [0.05, 0.1) is 6.61 Å². The number of hydrogen-bond donors (Lipinski definition) is 6. The molecule has 432 valence electrons. The Morgan fingerprint density at radius 1 is 0.397 bits per heavy atom. The summed E-state index contributed by atoms with van der Waals surface area (Å²) in [6.07, 6.45) is 0. The monoisotopic (exact) mass is 1200 g/mol. The number of aliphatic hydroxyl groups excluding tert-OH is 1. The fourth-order valence-corrected chi connectivity index (χ4v) is 12.8. The fourth-order valence-electron chi connectivity index (χ4n) is 5.31. The lowest BCUT2D eigenvalue weighted by molar-refractivity contribution is -0.147. The maximum absolute atomic E-state index is 12.7. The van der Waals surface area contributed by atoms with Crippen molar-refractivity contribution < 1.29 is 87.9 Å². The quantitative estimate of drug-likeness (QED) is 0.0200. The Hall–Kier alpha value is -4.63. The first kappa shape index (κ1) is 71.4. The molecule has 0 fully saturated rings. The van der Waals surface area contributed by atoms with Gasteiger partial charge in [0.15, 0.2) is 17.3 Å². The van der Waals surface area contributed by atoms with Crippen LogP contribution in [0.3, 0.4) is 0 Å². The van der Waals surface area contributed by atoms with Crippen LogP contribution in [0, 0.1) is 0 Å². The van der Waals surface area contributed by atoms with Crippen LogP contribution in [-0.2, 0) is 28.7 Å². The molecule has 0 atom stereocenters. The summed E-state index contributed by atoms with van der Waals surface area (Å²) in [4.78, 5) is 83.1. The molecule has 0 amide bonds. The summed E-state index contributed by atoms with van der Waals surface area (Å²) in [6.45, 7) is 21.7. The Bertz CT molecular complexity index is 2400. The molecule has 0 unspecified atom stereocenters. The summed E-state index contributed by atoms with van der Waals surface area (Å²) < 4.78 is 23.6. The highest BCUT2D eigenvalue weighted by atomic mass is 32.2. The van der Waals surface area contributed by atoms with Crippen LogP contribution in [0.4, 0.5) is 0 Å². The van der Waals surface area contributed by atoms with E-state index in [2.05, 4.69) is 0 Å². The van der Waals surface area contributed by atoms with Crippen molar-refractivity contribution in [3.63, 3.8) is 0 Å². The number of benzene rings is 3. The molecule has 0 bridgehead atoms. The number of rotatable bonds is 25. The van der Waals surface area contributed by atoms with E-state index in [0.717, 1.165) is 47.0 Å². The summed E-state index contributed by atoms with van der Waals surface area (Å²) in [5, 5.41) is 55.6. The van der Waals surface area contributed by atoms with Crippen LogP contribution in [0.25, 0.3) is 0 Å². The van der Waals surface area contributed by atoms with Gasteiger partial charge in [-0.05, 0) is 170 Å². The molecule has 0 saturated heterocycles. The Balaban J connectivity index is 0.000000768. The highest BCUT2D eigenvalue weighted by Crippen LogP contribution is 2.39. The fraction of sp³-hybridized carbons (Fsp3) is 0.500. The second-order valence-electron chi connectivity index (χ2n) is 20.3. The maximum Gasteiger partial charge on any atom is 0.322 e. The highest BCUT2D eigenvalue weighted by molar-refractivity contribution is 8.48. The number of aliphatic hydroxyl groups is 4. The van der Waals surface area contributed by atoms with Gasteiger partial charge in [0.1, 0.15) is 93.1 Å². The second kappa shape index (κ2) is 30.8. The summed E-state index contributed by atoms with van der Waals surface area (Å²) in [7, 11) is 0.